The Morgan fingerprint density at radius 3 is 1.07 bits per heavy atom. The Balaban J connectivity index is 0.897. The highest BCUT2D eigenvalue weighted by Crippen LogP contribution is 2.49. The van der Waals surface area contributed by atoms with E-state index in [0.29, 0.717) is 44.5 Å². The zero-order valence-electron chi connectivity index (χ0n) is 30.3. The van der Waals surface area contributed by atoms with Crippen LogP contribution in [0.5, 0.6) is 23.0 Å². The van der Waals surface area contributed by atoms with Crippen LogP contribution in [0.2, 0.25) is 0 Å². The minimum Gasteiger partial charge on any atom is -0.508 e. The van der Waals surface area contributed by atoms with Gasteiger partial charge in [-0.2, -0.15) is 0 Å². The van der Waals surface area contributed by atoms with E-state index >= 15 is 0 Å². The standard InChI is InChI=1S/C48H30O10/c49-35-21-13-31(14-22-35)47(41-7-3-1-5-39(41)45(53)57-47)33-17-25-37(26-18-33)55-43(51)29-9-11-30(12-10-29)44(52)56-38-27-19-34(20-28-38)48(32-15-23-36(50)24-16-32)42-8-4-2-6-40(42)46(54)58-48/h1-28,49-50H. The van der Waals surface area contributed by atoms with Gasteiger partial charge in [0, 0.05) is 33.4 Å². The second-order valence-corrected chi connectivity index (χ2v) is 13.7. The summed E-state index contributed by atoms with van der Waals surface area (Å²) in [5.41, 5.74) is 2.43. The molecular weight excluding hydrogens is 737 g/mol. The number of carbonyl (C=O) groups excluding carboxylic acids is 4. The summed E-state index contributed by atoms with van der Waals surface area (Å²) in [5, 5.41) is 19.9. The van der Waals surface area contributed by atoms with E-state index < -0.39 is 35.1 Å². The van der Waals surface area contributed by atoms with E-state index in [0.717, 1.165) is 0 Å². The summed E-state index contributed by atoms with van der Waals surface area (Å²) in [6.45, 7) is 0. The molecule has 0 amide bonds. The Bertz CT molecular complexity index is 2550. The fourth-order valence-corrected chi connectivity index (χ4v) is 7.61. The molecular formula is C48H30O10. The van der Waals surface area contributed by atoms with Gasteiger partial charge in [0.05, 0.1) is 22.3 Å². The second kappa shape index (κ2) is 13.9. The van der Waals surface area contributed by atoms with Crippen LogP contribution < -0.4 is 9.47 Å². The fraction of sp³-hybridized carbons (Fsp3) is 0.0417. The van der Waals surface area contributed by atoms with E-state index in [9.17, 15) is 29.4 Å². The zero-order valence-corrected chi connectivity index (χ0v) is 30.3. The number of hydrogen-bond donors (Lipinski definition) is 2. The third kappa shape index (κ3) is 5.91. The summed E-state index contributed by atoms with van der Waals surface area (Å²) in [6, 6.07) is 46.1. The molecule has 10 heteroatoms. The molecule has 58 heavy (non-hydrogen) atoms. The first-order valence-corrected chi connectivity index (χ1v) is 18.2. The monoisotopic (exact) mass is 766 g/mol. The number of cyclic esters (lactones) is 2. The van der Waals surface area contributed by atoms with Crippen molar-refractivity contribution >= 4 is 23.9 Å². The minimum atomic E-state index is -1.29. The summed E-state index contributed by atoms with van der Waals surface area (Å²) in [4.78, 5) is 52.3. The average Bonchev–Trinajstić information content (AvgIpc) is 3.73. The lowest BCUT2D eigenvalue weighted by atomic mass is 9.80. The van der Waals surface area contributed by atoms with Crippen LogP contribution in [0.15, 0.2) is 170 Å². The average molecular weight is 767 g/mol. The van der Waals surface area contributed by atoms with Crippen molar-refractivity contribution in [2.24, 2.45) is 0 Å². The van der Waals surface area contributed by atoms with Crippen molar-refractivity contribution < 1.29 is 48.3 Å². The van der Waals surface area contributed by atoms with Gasteiger partial charge in [0.1, 0.15) is 23.0 Å². The van der Waals surface area contributed by atoms with Gasteiger partial charge >= 0.3 is 23.9 Å². The van der Waals surface area contributed by atoms with Gasteiger partial charge in [-0.3, -0.25) is 0 Å². The lowest BCUT2D eigenvalue weighted by molar-refractivity contribution is 0.0242. The van der Waals surface area contributed by atoms with Gasteiger partial charge in [-0.05, 0) is 84.9 Å². The first-order chi connectivity index (χ1) is 28.2. The van der Waals surface area contributed by atoms with Crippen molar-refractivity contribution in [1.29, 1.82) is 0 Å². The third-order valence-corrected chi connectivity index (χ3v) is 10.4. The predicted molar refractivity (Wildman–Crippen MR) is 209 cm³/mol. The number of esters is 4. The Hall–Kier alpha value is -7.98. The molecule has 2 aliphatic rings. The Kier molecular flexibility index (Phi) is 8.59. The number of aromatic hydroxyl groups is 2. The SMILES string of the molecule is O=C(Oc1ccc(C2(c3ccc(O)cc3)OC(=O)c3ccccc32)cc1)c1ccc(C(=O)Oc2ccc(C3(c4ccc(O)cc4)OC(=O)c4ccccc43)cc2)cc1. The molecule has 2 N–H and O–H groups in total. The molecule has 0 spiro atoms. The van der Waals surface area contributed by atoms with E-state index in [2.05, 4.69) is 0 Å². The van der Waals surface area contributed by atoms with Crippen molar-refractivity contribution in [3.63, 3.8) is 0 Å². The first-order valence-electron chi connectivity index (χ1n) is 18.2. The van der Waals surface area contributed by atoms with E-state index in [-0.39, 0.29) is 34.1 Å². The van der Waals surface area contributed by atoms with Gasteiger partial charge in [-0.1, -0.05) is 84.9 Å². The third-order valence-electron chi connectivity index (χ3n) is 10.4. The number of carbonyl (C=O) groups is 4. The van der Waals surface area contributed by atoms with Gasteiger partial charge in [-0.25, -0.2) is 19.2 Å². The molecule has 282 valence electrons. The predicted octanol–water partition coefficient (Wildman–Crippen LogP) is 8.46. The summed E-state index contributed by atoms with van der Waals surface area (Å²) in [7, 11) is 0. The smallest absolute Gasteiger partial charge is 0.343 e. The number of hydrogen-bond acceptors (Lipinski definition) is 10. The molecule has 0 aromatic heterocycles. The molecule has 9 rings (SSSR count). The number of fused-ring (bicyclic) bond motifs is 2. The maximum absolute atomic E-state index is 13.2. The van der Waals surface area contributed by atoms with Crippen molar-refractivity contribution in [2.45, 2.75) is 11.2 Å². The van der Waals surface area contributed by atoms with Gasteiger partial charge in [0.2, 0.25) is 0 Å². The largest absolute Gasteiger partial charge is 0.508 e. The van der Waals surface area contributed by atoms with Gasteiger partial charge in [-0.15, -0.1) is 0 Å². The van der Waals surface area contributed by atoms with Crippen molar-refractivity contribution in [3.8, 4) is 23.0 Å². The summed E-state index contributed by atoms with van der Waals surface area (Å²) in [5.74, 6) is -1.68. The molecule has 7 aromatic rings. The van der Waals surface area contributed by atoms with Crippen LogP contribution in [0.4, 0.5) is 0 Å². The van der Waals surface area contributed by atoms with E-state index in [1.807, 2.05) is 24.3 Å². The lowest BCUT2D eigenvalue weighted by Gasteiger charge is -2.30. The Morgan fingerprint density at radius 1 is 0.414 bits per heavy atom. The maximum Gasteiger partial charge on any atom is 0.343 e. The molecule has 2 aliphatic heterocycles. The highest BCUT2D eigenvalue weighted by Gasteiger charge is 2.49. The van der Waals surface area contributed by atoms with Crippen LogP contribution in [0.25, 0.3) is 0 Å². The normalized spacial score (nSPS) is 17.7. The highest BCUT2D eigenvalue weighted by atomic mass is 16.6. The second-order valence-electron chi connectivity index (χ2n) is 13.7. The molecule has 0 aliphatic carbocycles. The van der Waals surface area contributed by atoms with Crippen LogP contribution in [0.3, 0.4) is 0 Å². The molecule has 0 saturated heterocycles. The van der Waals surface area contributed by atoms with Crippen molar-refractivity contribution in [1.82, 2.24) is 0 Å². The number of phenolic OH excluding ortho intramolecular Hbond substituents is 2. The molecule has 0 radical (unpaired) electrons. The van der Waals surface area contributed by atoms with Crippen LogP contribution in [-0.2, 0) is 20.7 Å². The molecule has 2 heterocycles. The van der Waals surface area contributed by atoms with E-state index in [1.165, 1.54) is 48.5 Å². The fourth-order valence-electron chi connectivity index (χ4n) is 7.61. The minimum absolute atomic E-state index is 0.0672. The van der Waals surface area contributed by atoms with Crippen LogP contribution >= 0.6 is 0 Å². The van der Waals surface area contributed by atoms with Crippen LogP contribution in [0.1, 0.15) is 74.8 Å². The molecule has 0 fully saturated rings. The molecule has 0 bridgehead atoms. The summed E-state index contributed by atoms with van der Waals surface area (Å²) >= 11 is 0. The Morgan fingerprint density at radius 2 is 0.724 bits per heavy atom. The van der Waals surface area contributed by atoms with Crippen molar-refractivity contribution in [3.05, 3.63) is 225 Å². The number of benzene rings is 7. The number of rotatable bonds is 8. The van der Waals surface area contributed by atoms with E-state index in [4.69, 9.17) is 18.9 Å². The molecule has 0 saturated carbocycles. The van der Waals surface area contributed by atoms with Gasteiger partial charge < -0.3 is 29.2 Å². The molecule has 2 unspecified atom stereocenters. The van der Waals surface area contributed by atoms with Gasteiger partial charge in [0.15, 0.2) is 11.2 Å². The van der Waals surface area contributed by atoms with Crippen LogP contribution in [0, 0.1) is 0 Å². The summed E-state index contributed by atoms with van der Waals surface area (Å²) in [6.07, 6.45) is 0. The molecule has 2 atom stereocenters. The number of ether oxygens (including phenoxy) is 4. The Labute approximate surface area is 331 Å². The quantitative estimate of drug-likeness (QED) is 0.114. The zero-order chi connectivity index (χ0) is 40.0. The number of phenols is 2. The van der Waals surface area contributed by atoms with Crippen LogP contribution in [-0.4, -0.2) is 34.1 Å². The molecule has 7 aromatic carbocycles. The van der Waals surface area contributed by atoms with Crippen molar-refractivity contribution in [2.75, 3.05) is 0 Å². The summed E-state index contributed by atoms with van der Waals surface area (Å²) < 4.78 is 23.4. The first kappa shape index (κ1) is 35.7. The topological polar surface area (TPSA) is 146 Å². The highest BCUT2D eigenvalue weighted by molar-refractivity contribution is 5.98. The lowest BCUT2D eigenvalue weighted by Crippen LogP contribution is -2.29. The maximum atomic E-state index is 13.2. The molecule has 10 nitrogen and oxygen atoms in total. The van der Waals surface area contributed by atoms with E-state index in [1.54, 1.807) is 97.1 Å². The van der Waals surface area contributed by atoms with Gasteiger partial charge in [0.25, 0.3) is 0 Å².